The van der Waals surface area contributed by atoms with Crippen LogP contribution in [0.15, 0.2) is 36.5 Å². The number of carbonyl (C=O) groups excluding carboxylic acids is 2. The van der Waals surface area contributed by atoms with Crippen LogP contribution in [-0.4, -0.2) is 47.4 Å². The van der Waals surface area contributed by atoms with E-state index >= 15 is 0 Å². The summed E-state index contributed by atoms with van der Waals surface area (Å²) in [7, 11) is 0. The van der Waals surface area contributed by atoms with Crippen LogP contribution in [0.4, 0.5) is 0 Å². The molecule has 2 atom stereocenters. The van der Waals surface area contributed by atoms with E-state index in [0.717, 1.165) is 51.4 Å². The normalized spacial score (nSPS) is 12.8. The molecule has 3 N–H and O–H groups in total. The van der Waals surface area contributed by atoms with Gasteiger partial charge in [0.1, 0.15) is 0 Å². The van der Waals surface area contributed by atoms with Gasteiger partial charge in [-0.25, -0.2) is 0 Å². The van der Waals surface area contributed by atoms with Crippen LogP contribution in [-0.2, 0) is 14.3 Å². The monoisotopic (exact) mass is 956 g/mol. The van der Waals surface area contributed by atoms with Gasteiger partial charge in [-0.3, -0.25) is 9.59 Å². The number of hydrogen-bond acceptors (Lipinski definition) is 5. The summed E-state index contributed by atoms with van der Waals surface area (Å²) in [5, 5.41) is 23.1. The van der Waals surface area contributed by atoms with Crippen molar-refractivity contribution < 1.29 is 24.5 Å². The van der Waals surface area contributed by atoms with Crippen molar-refractivity contribution in [2.24, 2.45) is 0 Å². The third-order valence-electron chi connectivity index (χ3n) is 13.9. The third kappa shape index (κ3) is 53.4. The quantitative estimate of drug-likeness (QED) is 0.0321. The lowest BCUT2D eigenvalue weighted by atomic mass is 10.0. The Morgan fingerprint density at radius 3 is 1.04 bits per heavy atom. The van der Waals surface area contributed by atoms with Crippen molar-refractivity contribution in [3.8, 4) is 0 Å². The highest BCUT2D eigenvalue weighted by atomic mass is 16.5. The Kier molecular flexibility index (Phi) is 56.0. The molecule has 0 rings (SSSR count). The zero-order chi connectivity index (χ0) is 49.3. The Balaban J connectivity index is 3.43. The van der Waals surface area contributed by atoms with E-state index in [9.17, 15) is 19.8 Å². The van der Waals surface area contributed by atoms with Crippen LogP contribution in [0.3, 0.4) is 0 Å². The zero-order valence-corrected chi connectivity index (χ0v) is 45.6. The Bertz CT molecular complexity index is 1100. The molecule has 6 nitrogen and oxygen atoms in total. The molecule has 0 fully saturated rings. The fourth-order valence-electron chi connectivity index (χ4n) is 9.21. The van der Waals surface area contributed by atoms with Crippen molar-refractivity contribution in [1.29, 1.82) is 0 Å². The highest BCUT2D eigenvalue weighted by molar-refractivity contribution is 5.76. The molecule has 400 valence electrons. The number of rotatable bonds is 56. The summed E-state index contributed by atoms with van der Waals surface area (Å²) < 4.78 is 5.48. The molecule has 0 bridgehead atoms. The standard InChI is InChI=1S/C62H117NO5/c1-3-5-7-9-11-13-15-17-18-28-32-36-40-44-48-52-56-62(67)68-57-53-49-45-41-37-33-29-26-24-22-20-19-21-23-25-27-31-35-39-43-47-51-55-61(66)63-59(58-64)60(65)54-50-46-42-38-34-30-16-14-12-10-8-6-4-2/h18,21,23,28,50,54,59-60,64-65H,3-17,19-20,22,24-27,29-49,51-53,55-58H2,1-2H3,(H,63,66)/b23-21-,28-18-,54-50+. The summed E-state index contributed by atoms with van der Waals surface area (Å²) in [5.41, 5.74) is 0. The number of nitrogens with one attached hydrogen (secondary N) is 1. The van der Waals surface area contributed by atoms with Crippen LogP contribution in [0, 0.1) is 0 Å². The molecule has 0 aliphatic rings. The Morgan fingerprint density at radius 2 is 0.691 bits per heavy atom. The summed E-state index contributed by atoms with van der Waals surface area (Å²) in [4.78, 5) is 24.5. The predicted molar refractivity (Wildman–Crippen MR) is 296 cm³/mol. The second-order valence-corrected chi connectivity index (χ2v) is 20.7. The van der Waals surface area contributed by atoms with E-state index in [2.05, 4.69) is 43.5 Å². The number of amides is 1. The molecule has 0 saturated heterocycles. The number of ether oxygens (including phenoxy) is 1. The molecular weight excluding hydrogens is 839 g/mol. The maximum absolute atomic E-state index is 12.4. The van der Waals surface area contributed by atoms with Gasteiger partial charge in [-0.2, -0.15) is 0 Å². The molecule has 0 heterocycles. The molecule has 0 aliphatic heterocycles. The van der Waals surface area contributed by atoms with E-state index in [1.54, 1.807) is 6.08 Å². The molecule has 0 radical (unpaired) electrons. The van der Waals surface area contributed by atoms with Gasteiger partial charge in [0.25, 0.3) is 0 Å². The van der Waals surface area contributed by atoms with E-state index in [1.165, 1.54) is 244 Å². The maximum atomic E-state index is 12.4. The molecule has 68 heavy (non-hydrogen) atoms. The summed E-state index contributed by atoms with van der Waals surface area (Å²) in [6.45, 7) is 4.90. The molecule has 6 heteroatoms. The summed E-state index contributed by atoms with van der Waals surface area (Å²) in [6.07, 6.45) is 71.8. The first-order chi connectivity index (χ1) is 33.5. The Morgan fingerprint density at radius 1 is 0.397 bits per heavy atom. The van der Waals surface area contributed by atoms with Crippen molar-refractivity contribution in [2.45, 2.75) is 334 Å². The lowest BCUT2D eigenvalue weighted by molar-refractivity contribution is -0.143. The molecule has 1 amide bonds. The first-order valence-electron chi connectivity index (χ1n) is 30.3. The summed E-state index contributed by atoms with van der Waals surface area (Å²) >= 11 is 0. The summed E-state index contributed by atoms with van der Waals surface area (Å²) in [5.74, 6) is -0.0733. The molecule has 0 aromatic rings. The minimum Gasteiger partial charge on any atom is -0.466 e. The molecule has 0 spiro atoms. The van der Waals surface area contributed by atoms with Gasteiger partial charge in [0.05, 0.1) is 25.4 Å². The fourth-order valence-corrected chi connectivity index (χ4v) is 9.21. The predicted octanol–water partition coefficient (Wildman–Crippen LogP) is 18.8. The van der Waals surface area contributed by atoms with Crippen molar-refractivity contribution in [1.82, 2.24) is 5.32 Å². The average Bonchev–Trinajstić information content (AvgIpc) is 3.34. The molecule has 0 saturated carbocycles. The number of hydrogen-bond donors (Lipinski definition) is 3. The van der Waals surface area contributed by atoms with Gasteiger partial charge in [0.2, 0.25) is 5.91 Å². The highest BCUT2D eigenvalue weighted by Gasteiger charge is 2.18. The van der Waals surface area contributed by atoms with Gasteiger partial charge in [0.15, 0.2) is 0 Å². The minimum absolute atomic E-state index is 0.00185. The van der Waals surface area contributed by atoms with E-state index in [1.807, 2.05) is 6.08 Å². The first kappa shape index (κ1) is 66.1. The molecular formula is C62H117NO5. The third-order valence-corrected chi connectivity index (χ3v) is 13.9. The number of esters is 1. The maximum Gasteiger partial charge on any atom is 0.305 e. The lowest BCUT2D eigenvalue weighted by Gasteiger charge is -2.20. The Labute approximate surface area is 424 Å². The van der Waals surface area contributed by atoms with Crippen LogP contribution in [0.25, 0.3) is 0 Å². The van der Waals surface area contributed by atoms with Crippen LogP contribution >= 0.6 is 0 Å². The number of carbonyl (C=O) groups is 2. The average molecular weight is 957 g/mol. The van der Waals surface area contributed by atoms with E-state index in [0.29, 0.717) is 19.4 Å². The number of unbranched alkanes of at least 4 members (excludes halogenated alkanes) is 41. The van der Waals surface area contributed by atoms with Crippen molar-refractivity contribution in [3.63, 3.8) is 0 Å². The topological polar surface area (TPSA) is 95.9 Å². The largest absolute Gasteiger partial charge is 0.466 e. The van der Waals surface area contributed by atoms with E-state index in [4.69, 9.17) is 4.74 Å². The van der Waals surface area contributed by atoms with Crippen molar-refractivity contribution >= 4 is 11.9 Å². The van der Waals surface area contributed by atoms with Crippen LogP contribution in [0.1, 0.15) is 322 Å². The summed E-state index contributed by atoms with van der Waals surface area (Å²) in [6, 6.07) is -0.632. The van der Waals surface area contributed by atoms with Gasteiger partial charge in [-0.05, 0) is 83.5 Å². The molecule has 0 aromatic carbocycles. The Hall–Kier alpha value is -1.92. The fraction of sp³-hybridized carbons (Fsp3) is 0.871. The van der Waals surface area contributed by atoms with Gasteiger partial charge < -0.3 is 20.3 Å². The van der Waals surface area contributed by atoms with E-state index in [-0.39, 0.29) is 18.5 Å². The van der Waals surface area contributed by atoms with E-state index < -0.39 is 12.1 Å². The highest BCUT2D eigenvalue weighted by Crippen LogP contribution is 2.16. The number of aliphatic hydroxyl groups is 2. The van der Waals surface area contributed by atoms with Crippen LogP contribution < -0.4 is 5.32 Å². The van der Waals surface area contributed by atoms with Crippen molar-refractivity contribution in [2.75, 3.05) is 13.2 Å². The van der Waals surface area contributed by atoms with Crippen LogP contribution in [0.5, 0.6) is 0 Å². The number of aliphatic hydroxyl groups excluding tert-OH is 2. The molecule has 0 aromatic heterocycles. The van der Waals surface area contributed by atoms with Crippen molar-refractivity contribution in [3.05, 3.63) is 36.5 Å². The first-order valence-corrected chi connectivity index (χ1v) is 30.3. The zero-order valence-electron chi connectivity index (χ0n) is 45.6. The molecule has 0 aliphatic carbocycles. The van der Waals surface area contributed by atoms with Gasteiger partial charge in [0, 0.05) is 12.8 Å². The number of allylic oxidation sites excluding steroid dienone is 5. The SMILES string of the molecule is CCCCCCCCC/C=C\CCCCCCCC(=O)OCCCCCCCCCCCCC/C=C\CCCCCCCCCC(=O)NC(CO)C(O)/C=C/CCCCCCCCCCCCC. The van der Waals surface area contributed by atoms with Gasteiger partial charge in [-0.15, -0.1) is 0 Å². The molecule has 2 unspecified atom stereocenters. The van der Waals surface area contributed by atoms with Gasteiger partial charge in [-0.1, -0.05) is 262 Å². The van der Waals surface area contributed by atoms with Gasteiger partial charge >= 0.3 is 5.97 Å². The lowest BCUT2D eigenvalue weighted by Crippen LogP contribution is -2.45. The second kappa shape index (κ2) is 57.7. The minimum atomic E-state index is -0.848. The van der Waals surface area contributed by atoms with Crippen LogP contribution in [0.2, 0.25) is 0 Å². The second-order valence-electron chi connectivity index (χ2n) is 20.7. The smallest absolute Gasteiger partial charge is 0.305 e.